The number of piperidine rings is 2. The molecule has 1 saturated carbocycles. The van der Waals surface area contributed by atoms with Gasteiger partial charge in [-0.3, -0.25) is 9.52 Å². The molecular formula is C28H36F3N5O3S. The van der Waals surface area contributed by atoms with Gasteiger partial charge in [0.2, 0.25) is 6.86 Å². The highest BCUT2D eigenvalue weighted by Gasteiger charge is 2.44. The quantitative estimate of drug-likeness (QED) is 0.330. The fourth-order valence-corrected chi connectivity index (χ4v) is 5.98. The molecule has 3 heterocycles. The van der Waals surface area contributed by atoms with E-state index in [0.29, 0.717) is 11.0 Å². The summed E-state index contributed by atoms with van der Waals surface area (Å²) in [5, 5.41) is 12.2. The van der Waals surface area contributed by atoms with Crippen LogP contribution in [-0.2, 0) is 0 Å². The first-order valence-electron chi connectivity index (χ1n) is 13.8. The standard InChI is InChI=1S/C28H36F3N5O3S/c1-19(17-37)34-40-20-2-3-21(22(16-20)35-12-8-27(6-7-27)9-13-35)26(38)33-24-5-4-23(39-18-29)25(32-24)36-14-10-28(30,31)11-15-36/h2-5,16,19,34,37H,6-15,17-18H2,1H3,(H,32,33,38)/t19-/m1/s1. The number of benzene rings is 1. The predicted octanol–water partition coefficient (Wildman–Crippen LogP) is 5.23. The van der Waals surface area contributed by atoms with E-state index in [1.807, 2.05) is 19.1 Å². The van der Waals surface area contributed by atoms with E-state index in [1.54, 1.807) is 11.0 Å². The zero-order valence-electron chi connectivity index (χ0n) is 22.6. The van der Waals surface area contributed by atoms with E-state index in [4.69, 9.17) is 4.74 Å². The average Bonchev–Trinajstić information content (AvgIpc) is 3.71. The van der Waals surface area contributed by atoms with Crippen molar-refractivity contribution in [2.24, 2.45) is 5.41 Å². The summed E-state index contributed by atoms with van der Waals surface area (Å²) in [6, 6.07) is 8.57. The van der Waals surface area contributed by atoms with Gasteiger partial charge in [-0.25, -0.2) is 18.2 Å². The summed E-state index contributed by atoms with van der Waals surface area (Å²) in [7, 11) is 0. The van der Waals surface area contributed by atoms with Crippen LogP contribution in [0.4, 0.5) is 30.5 Å². The average molecular weight is 580 g/mol. The number of nitrogens with zero attached hydrogens (tertiary/aromatic N) is 3. The van der Waals surface area contributed by atoms with Gasteiger partial charge in [-0.15, -0.1) is 0 Å². The van der Waals surface area contributed by atoms with Gasteiger partial charge in [0, 0.05) is 50.0 Å². The van der Waals surface area contributed by atoms with Crippen molar-refractivity contribution in [3.8, 4) is 5.75 Å². The van der Waals surface area contributed by atoms with Crippen LogP contribution < -0.4 is 24.6 Å². The number of alkyl halides is 3. The summed E-state index contributed by atoms with van der Waals surface area (Å²) in [6.07, 6.45) is 4.08. The monoisotopic (exact) mass is 579 g/mol. The molecule has 5 rings (SSSR count). The Balaban J connectivity index is 1.37. The molecule has 8 nitrogen and oxygen atoms in total. The molecule has 1 atom stereocenters. The van der Waals surface area contributed by atoms with E-state index in [9.17, 15) is 23.1 Å². The zero-order valence-corrected chi connectivity index (χ0v) is 23.4. The lowest BCUT2D eigenvalue weighted by atomic mass is 9.93. The lowest BCUT2D eigenvalue weighted by molar-refractivity contribution is -0.0222. The molecule has 1 amide bonds. The lowest BCUT2D eigenvalue weighted by Gasteiger charge is -2.35. The van der Waals surface area contributed by atoms with Crippen LogP contribution in [0.1, 0.15) is 55.8 Å². The highest BCUT2D eigenvalue weighted by atomic mass is 32.2. The van der Waals surface area contributed by atoms with E-state index < -0.39 is 12.8 Å². The van der Waals surface area contributed by atoms with Crippen molar-refractivity contribution in [2.75, 3.05) is 54.8 Å². The lowest BCUT2D eigenvalue weighted by Crippen LogP contribution is -2.40. The molecule has 1 aliphatic carbocycles. The van der Waals surface area contributed by atoms with E-state index in [2.05, 4.69) is 19.9 Å². The van der Waals surface area contributed by atoms with Crippen LogP contribution in [0.25, 0.3) is 0 Å². The van der Waals surface area contributed by atoms with E-state index in [0.717, 1.165) is 36.5 Å². The third-order valence-corrected chi connectivity index (χ3v) is 9.08. The topological polar surface area (TPSA) is 90.0 Å². The van der Waals surface area contributed by atoms with Crippen molar-refractivity contribution in [3.05, 3.63) is 35.9 Å². The van der Waals surface area contributed by atoms with Crippen molar-refractivity contribution >= 4 is 35.2 Å². The molecule has 3 fully saturated rings. The fourth-order valence-electron chi connectivity index (χ4n) is 5.27. The molecular weight excluding hydrogens is 543 g/mol. The molecule has 12 heteroatoms. The minimum absolute atomic E-state index is 0.0125. The first-order chi connectivity index (χ1) is 19.2. The molecule has 40 heavy (non-hydrogen) atoms. The Morgan fingerprint density at radius 1 is 1.07 bits per heavy atom. The molecule has 1 aromatic carbocycles. The maximum absolute atomic E-state index is 13.7. The predicted molar refractivity (Wildman–Crippen MR) is 150 cm³/mol. The number of rotatable bonds is 10. The van der Waals surface area contributed by atoms with Crippen LogP contribution in [0, 0.1) is 5.41 Å². The first-order valence-corrected chi connectivity index (χ1v) is 14.6. The highest BCUT2D eigenvalue weighted by Crippen LogP contribution is 2.54. The van der Waals surface area contributed by atoms with Crippen LogP contribution >= 0.6 is 11.9 Å². The molecule has 2 aromatic rings. The second-order valence-corrected chi connectivity index (χ2v) is 11.9. The number of pyridine rings is 1. The zero-order chi connectivity index (χ0) is 28.3. The molecule has 3 N–H and O–H groups in total. The number of aliphatic hydroxyl groups is 1. The minimum atomic E-state index is -2.75. The molecule has 1 spiro atoms. The van der Waals surface area contributed by atoms with Crippen LogP contribution in [0.3, 0.4) is 0 Å². The maximum atomic E-state index is 13.7. The molecule has 0 unspecified atom stereocenters. The maximum Gasteiger partial charge on any atom is 0.258 e. The number of hydrogen-bond donors (Lipinski definition) is 3. The van der Waals surface area contributed by atoms with Gasteiger partial charge in [-0.2, -0.15) is 0 Å². The SMILES string of the molecule is C[C@H](CO)NSc1ccc(C(=O)Nc2ccc(OCF)c(N3CCC(F)(F)CC3)n2)c(N2CCC3(CC2)CC3)c1. The van der Waals surface area contributed by atoms with Gasteiger partial charge in [0.25, 0.3) is 11.8 Å². The Bertz CT molecular complexity index is 1200. The second-order valence-electron chi connectivity index (χ2n) is 11.0. The van der Waals surface area contributed by atoms with Gasteiger partial charge >= 0.3 is 0 Å². The molecule has 0 radical (unpaired) electrons. The Kier molecular flexibility index (Phi) is 8.67. The van der Waals surface area contributed by atoms with Gasteiger partial charge in [0.15, 0.2) is 11.6 Å². The number of halogens is 3. The number of amides is 1. The van der Waals surface area contributed by atoms with Crippen LogP contribution in [0.2, 0.25) is 0 Å². The van der Waals surface area contributed by atoms with Crippen molar-refractivity contribution in [2.45, 2.75) is 62.3 Å². The number of hydrogen-bond acceptors (Lipinski definition) is 8. The molecule has 218 valence electrons. The summed E-state index contributed by atoms with van der Waals surface area (Å²) in [5.41, 5.74) is 1.80. The van der Waals surface area contributed by atoms with E-state index in [1.165, 1.54) is 36.9 Å². The molecule has 0 bridgehead atoms. The molecule has 3 aliphatic rings. The Labute approximate surface area is 236 Å². The summed E-state index contributed by atoms with van der Waals surface area (Å²) in [5.74, 6) is -2.50. The largest absolute Gasteiger partial charge is 0.459 e. The second kappa shape index (κ2) is 12.0. The van der Waals surface area contributed by atoms with Gasteiger partial charge in [-0.1, -0.05) is 0 Å². The van der Waals surface area contributed by atoms with Crippen molar-refractivity contribution in [1.82, 2.24) is 9.71 Å². The Morgan fingerprint density at radius 3 is 2.42 bits per heavy atom. The first kappa shape index (κ1) is 28.8. The van der Waals surface area contributed by atoms with Gasteiger partial charge in [-0.05, 0) is 80.3 Å². The third-order valence-electron chi connectivity index (χ3n) is 8.07. The van der Waals surface area contributed by atoms with Crippen molar-refractivity contribution < 1.29 is 27.8 Å². The third kappa shape index (κ3) is 6.77. The van der Waals surface area contributed by atoms with Crippen molar-refractivity contribution in [3.63, 3.8) is 0 Å². The van der Waals surface area contributed by atoms with Gasteiger partial charge in [0.05, 0.1) is 17.9 Å². The van der Waals surface area contributed by atoms with Gasteiger partial charge in [0.1, 0.15) is 5.82 Å². The van der Waals surface area contributed by atoms with E-state index in [-0.39, 0.29) is 61.9 Å². The fraction of sp³-hybridized carbons (Fsp3) is 0.571. The van der Waals surface area contributed by atoms with Crippen LogP contribution in [0.5, 0.6) is 5.75 Å². The smallest absolute Gasteiger partial charge is 0.258 e. The number of carbonyl (C=O) groups excluding carboxylic acids is 1. The number of aliphatic hydroxyl groups excluding tert-OH is 1. The summed E-state index contributed by atoms with van der Waals surface area (Å²) in [6.45, 7) is 2.64. The molecule has 1 aromatic heterocycles. The highest BCUT2D eigenvalue weighted by molar-refractivity contribution is 7.97. The summed E-state index contributed by atoms with van der Waals surface area (Å²) in [4.78, 5) is 22.9. The Hall–Kier alpha value is -2.70. The molecule has 2 saturated heterocycles. The summed E-state index contributed by atoms with van der Waals surface area (Å²) >= 11 is 1.41. The summed E-state index contributed by atoms with van der Waals surface area (Å²) < 4.78 is 48.8. The minimum Gasteiger partial charge on any atom is -0.459 e. The van der Waals surface area contributed by atoms with Crippen LogP contribution in [0.15, 0.2) is 35.2 Å². The number of ether oxygens (including phenoxy) is 1. The number of aromatic nitrogens is 1. The normalized spacial score (nSPS) is 20.3. The van der Waals surface area contributed by atoms with E-state index >= 15 is 0 Å². The Morgan fingerprint density at radius 2 is 1.77 bits per heavy atom. The van der Waals surface area contributed by atoms with Crippen molar-refractivity contribution in [1.29, 1.82) is 0 Å². The number of carbonyl (C=O) groups is 1. The number of nitrogens with one attached hydrogen (secondary N) is 2. The van der Waals surface area contributed by atoms with Crippen LogP contribution in [-0.4, -0.2) is 67.6 Å². The van der Waals surface area contributed by atoms with Gasteiger partial charge < -0.3 is 25.0 Å². The molecule has 2 aliphatic heterocycles. The number of anilines is 3.